The van der Waals surface area contributed by atoms with Gasteiger partial charge in [0.15, 0.2) is 9.84 Å². The highest BCUT2D eigenvalue weighted by Crippen LogP contribution is 2.34. The van der Waals surface area contributed by atoms with Crippen molar-refractivity contribution in [1.82, 2.24) is 10.3 Å². The second-order valence-electron chi connectivity index (χ2n) is 5.57. The fourth-order valence-electron chi connectivity index (χ4n) is 2.11. The first-order chi connectivity index (χ1) is 8.99. The van der Waals surface area contributed by atoms with Gasteiger partial charge in [-0.15, -0.1) is 0 Å². The van der Waals surface area contributed by atoms with Crippen LogP contribution in [0.1, 0.15) is 26.5 Å². The molecule has 5 nitrogen and oxygen atoms in total. The molecule has 8 heteroatoms. The first-order valence-corrected chi connectivity index (χ1v) is 8.36. The van der Waals surface area contributed by atoms with Crippen LogP contribution < -0.4 is 5.32 Å². The van der Waals surface area contributed by atoms with Gasteiger partial charge in [-0.25, -0.2) is 17.8 Å². The Labute approximate surface area is 125 Å². The highest BCUT2D eigenvalue weighted by molar-refractivity contribution is 9.10. The fraction of sp³-hybridized carbons (Fsp3) is 0.500. The Morgan fingerprint density at radius 3 is 2.55 bits per heavy atom. The van der Waals surface area contributed by atoms with Crippen LogP contribution in [-0.2, 0) is 15.4 Å². The minimum absolute atomic E-state index is 0.0179. The second kappa shape index (κ2) is 4.49. The summed E-state index contributed by atoms with van der Waals surface area (Å²) in [5, 5.41) is 10.7. The molecular weight excluding hydrogens is 349 g/mol. The molecule has 1 aromatic rings. The number of hydrogen-bond donors (Lipinski definition) is 2. The van der Waals surface area contributed by atoms with Crippen molar-refractivity contribution in [2.45, 2.75) is 31.1 Å². The number of rotatable bonds is 1. The summed E-state index contributed by atoms with van der Waals surface area (Å²) < 4.78 is 37.8. The van der Waals surface area contributed by atoms with Crippen molar-refractivity contribution in [2.24, 2.45) is 0 Å². The van der Waals surface area contributed by atoms with Crippen molar-refractivity contribution in [3.05, 3.63) is 28.2 Å². The zero-order chi connectivity index (χ0) is 15.3. The van der Waals surface area contributed by atoms with Crippen LogP contribution in [0.3, 0.4) is 0 Å². The van der Waals surface area contributed by atoms with Crippen molar-refractivity contribution in [3.8, 4) is 0 Å². The first-order valence-electron chi connectivity index (χ1n) is 5.92. The van der Waals surface area contributed by atoms with Crippen molar-refractivity contribution in [1.29, 1.82) is 5.41 Å². The molecule has 110 valence electrons. The first kappa shape index (κ1) is 15.4. The van der Waals surface area contributed by atoms with Gasteiger partial charge >= 0.3 is 0 Å². The number of aromatic nitrogens is 1. The summed E-state index contributed by atoms with van der Waals surface area (Å²) in [6.07, 6.45) is 0. The van der Waals surface area contributed by atoms with Gasteiger partial charge in [0.1, 0.15) is 26.7 Å². The number of pyridine rings is 1. The van der Waals surface area contributed by atoms with E-state index >= 15 is 0 Å². The lowest BCUT2D eigenvalue weighted by Gasteiger charge is -2.42. The van der Waals surface area contributed by atoms with E-state index < -0.39 is 25.9 Å². The number of amidine groups is 1. The van der Waals surface area contributed by atoms with Crippen molar-refractivity contribution < 1.29 is 12.8 Å². The van der Waals surface area contributed by atoms with Crippen molar-refractivity contribution in [2.75, 3.05) is 5.75 Å². The monoisotopic (exact) mass is 363 g/mol. The molecule has 1 aromatic heterocycles. The molecule has 0 unspecified atom stereocenters. The minimum atomic E-state index is -3.60. The SMILES string of the molecule is CC1(C)C(=N)N[C@](C)(c2nc(Br)ccc2F)CS1(=O)=O. The summed E-state index contributed by atoms with van der Waals surface area (Å²) in [5.74, 6) is -1.09. The summed E-state index contributed by atoms with van der Waals surface area (Å²) in [6, 6.07) is 2.66. The summed E-state index contributed by atoms with van der Waals surface area (Å²) in [5.41, 5.74) is -1.28. The van der Waals surface area contributed by atoms with Gasteiger partial charge in [0.25, 0.3) is 0 Å². The van der Waals surface area contributed by atoms with Crippen LogP contribution in [0.4, 0.5) is 4.39 Å². The molecule has 0 spiro atoms. The quantitative estimate of drug-likeness (QED) is 0.747. The number of hydrogen-bond acceptors (Lipinski definition) is 4. The fourth-order valence-corrected chi connectivity index (χ4v) is 4.11. The average molecular weight is 364 g/mol. The maximum Gasteiger partial charge on any atom is 0.165 e. The smallest absolute Gasteiger partial charge is 0.165 e. The van der Waals surface area contributed by atoms with Crippen molar-refractivity contribution in [3.63, 3.8) is 0 Å². The highest BCUT2D eigenvalue weighted by atomic mass is 79.9. The third kappa shape index (κ3) is 2.24. The highest BCUT2D eigenvalue weighted by Gasteiger charge is 2.51. The molecule has 2 heterocycles. The van der Waals surface area contributed by atoms with Crippen LogP contribution in [0.25, 0.3) is 0 Å². The molecular formula is C12H15BrFN3O2S. The molecule has 20 heavy (non-hydrogen) atoms. The molecule has 0 aromatic carbocycles. The van der Waals surface area contributed by atoms with Gasteiger partial charge < -0.3 is 5.32 Å². The van der Waals surface area contributed by atoms with E-state index in [1.165, 1.54) is 32.9 Å². The lowest BCUT2D eigenvalue weighted by Crippen LogP contribution is -2.64. The maximum atomic E-state index is 14.0. The summed E-state index contributed by atoms with van der Waals surface area (Å²) in [7, 11) is -3.60. The van der Waals surface area contributed by atoms with Gasteiger partial charge in [-0.2, -0.15) is 0 Å². The topological polar surface area (TPSA) is 82.9 Å². The van der Waals surface area contributed by atoms with E-state index in [4.69, 9.17) is 5.41 Å². The van der Waals surface area contributed by atoms with Crippen LogP contribution in [0.5, 0.6) is 0 Å². The Bertz CT molecular complexity index is 690. The van der Waals surface area contributed by atoms with Crippen LogP contribution >= 0.6 is 15.9 Å². The molecule has 1 aliphatic rings. The molecule has 0 bridgehead atoms. The summed E-state index contributed by atoms with van der Waals surface area (Å²) in [6.45, 7) is 4.45. The molecule has 2 N–H and O–H groups in total. The second-order valence-corrected chi connectivity index (χ2v) is 8.92. The third-order valence-corrected chi connectivity index (χ3v) is 6.75. The van der Waals surface area contributed by atoms with Crippen LogP contribution in [0.15, 0.2) is 16.7 Å². The normalized spacial score (nSPS) is 27.9. The lowest BCUT2D eigenvalue weighted by atomic mass is 9.96. The third-order valence-electron chi connectivity index (χ3n) is 3.59. The number of nitrogens with zero attached hydrogens (tertiary/aromatic N) is 1. The number of nitrogens with one attached hydrogen (secondary N) is 2. The number of sulfone groups is 1. The predicted molar refractivity (Wildman–Crippen MR) is 78.0 cm³/mol. The van der Waals surface area contributed by atoms with Gasteiger partial charge in [-0.1, -0.05) is 0 Å². The van der Waals surface area contributed by atoms with Gasteiger partial charge in [0.05, 0.1) is 11.3 Å². The molecule has 1 fully saturated rings. The van der Waals surface area contributed by atoms with E-state index in [1.807, 2.05) is 0 Å². The molecule has 0 radical (unpaired) electrons. The Kier molecular flexibility index (Phi) is 3.45. The van der Waals surface area contributed by atoms with Crippen molar-refractivity contribution >= 4 is 31.6 Å². The molecule has 2 rings (SSSR count). The minimum Gasteiger partial charge on any atom is -0.361 e. The van der Waals surface area contributed by atoms with E-state index in [0.717, 1.165) is 0 Å². The van der Waals surface area contributed by atoms with Gasteiger partial charge in [-0.3, -0.25) is 5.41 Å². The van der Waals surface area contributed by atoms with Crippen LogP contribution in [-0.4, -0.2) is 29.7 Å². The van der Waals surface area contributed by atoms with E-state index in [0.29, 0.717) is 4.60 Å². The van der Waals surface area contributed by atoms with Gasteiger partial charge in [0, 0.05) is 0 Å². The van der Waals surface area contributed by atoms with E-state index in [-0.39, 0.29) is 17.3 Å². The average Bonchev–Trinajstić information content (AvgIpc) is 2.29. The maximum absolute atomic E-state index is 14.0. The van der Waals surface area contributed by atoms with Gasteiger partial charge in [-0.05, 0) is 48.8 Å². The predicted octanol–water partition coefficient (Wildman–Crippen LogP) is 1.97. The molecule has 1 atom stereocenters. The molecule has 0 aliphatic carbocycles. The zero-order valence-corrected chi connectivity index (χ0v) is 13.7. The van der Waals surface area contributed by atoms with E-state index in [1.54, 1.807) is 0 Å². The molecule has 1 aliphatic heterocycles. The standard InChI is InChI=1S/C12H15BrFN3O2S/c1-11(2)10(15)17-12(3,6-20(11,18)19)9-7(14)4-5-8(13)16-9/h4-5H,6H2,1-3H3,(H2,15,17)/t12-/m0/s1. The van der Waals surface area contributed by atoms with E-state index in [9.17, 15) is 12.8 Å². The Balaban J connectivity index is 2.58. The largest absolute Gasteiger partial charge is 0.361 e. The van der Waals surface area contributed by atoms with Gasteiger partial charge in [0.2, 0.25) is 0 Å². The van der Waals surface area contributed by atoms with E-state index in [2.05, 4.69) is 26.2 Å². The molecule has 0 saturated carbocycles. The summed E-state index contributed by atoms with van der Waals surface area (Å²) in [4.78, 5) is 4.03. The Hall–Kier alpha value is -1.02. The molecule has 1 saturated heterocycles. The lowest BCUT2D eigenvalue weighted by molar-refractivity contribution is 0.409. The Morgan fingerprint density at radius 2 is 2.00 bits per heavy atom. The Morgan fingerprint density at radius 1 is 1.40 bits per heavy atom. The molecule has 0 amide bonds. The summed E-state index contributed by atoms with van der Waals surface area (Å²) >= 11 is 3.14. The number of halogens is 2. The van der Waals surface area contributed by atoms with Crippen LogP contribution in [0, 0.1) is 11.2 Å². The van der Waals surface area contributed by atoms with Crippen LogP contribution in [0.2, 0.25) is 0 Å². The zero-order valence-electron chi connectivity index (χ0n) is 11.3.